The summed E-state index contributed by atoms with van der Waals surface area (Å²) in [5.41, 5.74) is 17.1. The van der Waals surface area contributed by atoms with Gasteiger partial charge in [-0.15, -0.1) is 0 Å². The Morgan fingerprint density at radius 3 is 0.878 bits per heavy atom. The molecule has 19 aromatic rings. The molecule has 0 aliphatic heterocycles. The average molecular weight is 1140 g/mol. The highest BCUT2D eigenvalue weighted by atomic mass is 15.0. The van der Waals surface area contributed by atoms with Crippen LogP contribution in [0.15, 0.2) is 340 Å². The van der Waals surface area contributed by atoms with Crippen LogP contribution in [-0.2, 0) is 0 Å². The maximum atomic E-state index is 2.40. The summed E-state index contributed by atoms with van der Waals surface area (Å²) in [5, 5.41) is 23.1. The first-order valence-corrected chi connectivity index (χ1v) is 31.1. The van der Waals surface area contributed by atoms with Crippen molar-refractivity contribution in [1.82, 2.24) is 9.13 Å². The average Bonchev–Trinajstić information content (AvgIpc) is 1.60. The highest BCUT2D eigenvalue weighted by molar-refractivity contribution is 6.26. The summed E-state index contributed by atoms with van der Waals surface area (Å²) in [5.74, 6) is 0. The van der Waals surface area contributed by atoms with E-state index >= 15 is 0 Å². The van der Waals surface area contributed by atoms with Gasteiger partial charge < -0.3 is 9.13 Å². The lowest BCUT2D eigenvalue weighted by molar-refractivity contribution is 1.19. The van der Waals surface area contributed by atoms with Gasteiger partial charge in [-0.2, -0.15) is 0 Å². The number of hydrogen-bond acceptors (Lipinski definition) is 0. The molecule has 0 saturated heterocycles. The Morgan fingerprint density at radius 2 is 0.411 bits per heavy atom. The summed E-state index contributed by atoms with van der Waals surface area (Å²) in [6.45, 7) is 0. The van der Waals surface area contributed by atoms with E-state index in [2.05, 4.69) is 349 Å². The normalized spacial score (nSPS) is 11.8. The number of fused-ring (bicyclic) bond motifs is 17. The molecule has 2 heteroatoms. The van der Waals surface area contributed by atoms with Crippen molar-refractivity contribution >= 4 is 119 Å². The van der Waals surface area contributed by atoms with E-state index in [9.17, 15) is 0 Å². The van der Waals surface area contributed by atoms with Crippen LogP contribution in [-0.4, -0.2) is 9.13 Å². The molecule has 17 aromatic carbocycles. The highest BCUT2D eigenvalue weighted by Gasteiger charge is 2.17. The number of aromatic nitrogens is 2. The lowest BCUT2D eigenvalue weighted by Gasteiger charge is -2.12. The largest absolute Gasteiger partial charge is 0.309 e. The molecule has 0 bridgehead atoms. The van der Waals surface area contributed by atoms with Gasteiger partial charge in [-0.1, -0.05) is 267 Å². The summed E-state index contributed by atoms with van der Waals surface area (Å²) in [7, 11) is 0. The second kappa shape index (κ2) is 21.0. The van der Waals surface area contributed by atoms with E-state index in [-0.39, 0.29) is 0 Å². The van der Waals surface area contributed by atoms with Crippen molar-refractivity contribution in [3.8, 4) is 55.9 Å². The Hall–Kier alpha value is -11.8. The van der Waals surface area contributed by atoms with Gasteiger partial charge in [0.1, 0.15) is 0 Å². The summed E-state index contributed by atoms with van der Waals surface area (Å²) in [4.78, 5) is 0. The molecule has 0 spiro atoms. The molecule has 2 heterocycles. The van der Waals surface area contributed by atoms with Crippen LogP contribution in [0.1, 0.15) is 0 Å². The van der Waals surface area contributed by atoms with Crippen LogP contribution in [0.5, 0.6) is 0 Å². The van der Waals surface area contributed by atoms with Gasteiger partial charge in [0.05, 0.1) is 22.1 Å². The van der Waals surface area contributed by atoms with E-state index in [0.29, 0.717) is 0 Å². The van der Waals surface area contributed by atoms with Crippen LogP contribution in [0.3, 0.4) is 0 Å². The monoisotopic (exact) mass is 1140 g/mol. The van der Waals surface area contributed by atoms with Gasteiger partial charge in [0, 0.05) is 32.9 Å². The maximum Gasteiger partial charge on any atom is 0.0541 e. The molecule has 0 amide bonds. The van der Waals surface area contributed by atoms with Gasteiger partial charge in [-0.05, 0) is 193 Å². The Balaban J connectivity index is 0.000000134. The maximum absolute atomic E-state index is 2.40. The Kier molecular flexibility index (Phi) is 12.0. The molecule has 0 saturated carbocycles. The molecule has 0 unspecified atom stereocenters. The van der Waals surface area contributed by atoms with Gasteiger partial charge in [0.2, 0.25) is 0 Å². The third kappa shape index (κ3) is 8.56. The van der Waals surface area contributed by atoms with Gasteiger partial charge >= 0.3 is 0 Å². The van der Waals surface area contributed by atoms with E-state index in [1.54, 1.807) is 0 Å². The van der Waals surface area contributed by atoms with E-state index in [4.69, 9.17) is 0 Å². The van der Waals surface area contributed by atoms with Crippen LogP contribution in [0.25, 0.3) is 175 Å². The Bertz CT molecular complexity index is 6040. The van der Waals surface area contributed by atoms with Crippen LogP contribution in [0, 0.1) is 0 Å². The number of rotatable bonds is 6. The third-order valence-corrected chi connectivity index (χ3v) is 18.9. The summed E-state index contributed by atoms with van der Waals surface area (Å²) < 4.78 is 4.80. The van der Waals surface area contributed by atoms with E-state index < -0.39 is 0 Å². The number of hydrogen-bond donors (Lipinski definition) is 0. The molecular weight excluding hydrogens is 1080 g/mol. The molecule has 0 fully saturated rings. The fraction of sp³-hybridized carbons (Fsp3) is 0. The first-order chi connectivity index (χ1) is 44.6. The number of benzene rings is 17. The topological polar surface area (TPSA) is 9.86 Å². The molecule has 418 valence electrons. The fourth-order valence-corrected chi connectivity index (χ4v) is 14.5. The minimum absolute atomic E-state index is 1.18. The second-order valence-corrected chi connectivity index (χ2v) is 24.0. The predicted molar refractivity (Wildman–Crippen MR) is 386 cm³/mol. The number of para-hydroxylation sites is 2. The molecular formula is C88H56N2. The molecule has 19 rings (SSSR count). The lowest BCUT2D eigenvalue weighted by atomic mass is 9.92. The standard InChI is InChI=1S/C46H29N.C42H27N/c1-2-10-33-27-36(24-21-30(33)9-1)47-45-16-8-7-15-42(45)44-29-35(23-26-46(44)47)32-19-17-31(18-20-32)34-22-25-41-39-13-4-3-11-37(39)38-12-5-6-14-40(38)43(41)28-34;1-2-9-33-25-36(23-21-28(33)7-1)43-41-12-6-5-11-38(41)40-27-35(22-24-42(40)43)30-15-13-29(14-16-30)34-20-19-32-18-17-31-8-3-4-10-37(31)39(32)26-34/h1-29H;1-27H. The van der Waals surface area contributed by atoms with E-state index in [1.807, 2.05) is 0 Å². The zero-order valence-electron chi connectivity index (χ0n) is 49.2. The summed E-state index contributed by atoms with van der Waals surface area (Å²) in [6, 6.07) is 124. The zero-order chi connectivity index (χ0) is 59.2. The van der Waals surface area contributed by atoms with Crippen LogP contribution >= 0.6 is 0 Å². The molecule has 0 atom stereocenters. The third-order valence-electron chi connectivity index (χ3n) is 18.9. The van der Waals surface area contributed by atoms with Crippen molar-refractivity contribution in [2.45, 2.75) is 0 Å². The van der Waals surface area contributed by atoms with Crippen LogP contribution in [0.2, 0.25) is 0 Å². The van der Waals surface area contributed by atoms with Crippen molar-refractivity contribution in [1.29, 1.82) is 0 Å². The molecule has 2 aromatic heterocycles. The smallest absolute Gasteiger partial charge is 0.0541 e. The van der Waals surface area contributed by atoms with Gasteiger partial charge in [0.25, 0.3) is 0 Å². The molecule has 0 aliphatic rings. The minimum Gasteiger partial charge on any atom is -0.309 e. The van der Waals surface area contributed by atoms with Crippen molar-refractivity contribution in [3.05, 3.63) is 340 Å². The van der Waals surface area contributed by atoms with Gasteiger partial charge in [-0.25, -0.2) is 0 Å². The van der Waals surface area contributed by atoms with Crippen molar-refractivity contribution < 1.29 is 0 Å². The fourth-order valence-electron chi connectivity index (χ4n) is 14.5. The number of nitrogens with zero attached hydrogens (tertiary/aromatic N) is 2. The quantitative estimate of drug-likeness (QED) is 0.147. The summed E-state index contributed by atoms with van der Waals surface area (Å²) >= 11 is 0. The van der Waals surface area contributed by atoms with E-state index in [1.165, 1.54) is 175 Å². The molecule has 2 nitrogen and oxygen atoms in total. The SMILES string of the molecule is c1ccc2cc(-n3c4ccccc4c4cc(-c5ccc(-c6ccc7c8ccccc8c8ccccc8c7c6)cc5)ccc43)ccc2c1.c1ccc2cc(-n3c4ccccc4c4cc(-c5ccc(-c6ccc7ccc8ccccc8c7c6)cc5)ccc43)ccc2c1. The van der Waals surface area contributed by atoms with Gasteiger partial charge in [0.15, 0.2) is 0 Å². The van der Waals surface area contributed by atoms with Crippen molar-refractivity contribution in [2.75, 3.05) is 0 Å². The minimum atomic E-state index is 1.18. The predicted octanol–water partition coefficient (Wildman–Crippen LogP) is 24.3. The lowest BCUT2D eigenvalue weighted by Crippen LogP contribution is -1.93. The molecule has 0 N–H and O–H groups in total. The Morgan fingerprint density at radius 1 is 0.133 bits per heavy atom. The first-order valence-electron chi connectivity index (χ1n) is 31.1. The summed E-state index contributed by atoms with van der Waals surface area (Å²) in [6.07, 6.45) is 0. The molecule has 90 heavy (non-hydrogen) atoms. The highest BCUT2D eigenvalue weighted by Crippen LogP contribution is 2.41. The molecule has 0 aliphatic carbocycles. The van der Waals surface area contributed by atoms with Crippen LogP contribution in [0.4, 0.5) is 0 Å². The second-order valence-electron chi connectivity index (χ2n) is 24.0. The van der Waals surface area contributed by atoms with Gasteiger partial charge in [-0.3, -0.25) is 0 Å². The van der Waals surface area contributed by atoms with E-state index in [0.717, 1.165) is 0 Å². The first kappa shape index (κ1) is 51.4. The van der Waals surface area contributed by atoms with Crippen LogP contribution < -0.4 is 0 Å². The van der Waals surface area contributed by atoms with Crippen molar-refractivity contribution in [3.63, 3.8) is 0 Å². The Labute approximate surface area is 520 Å². The molecule has 0 radical (unpaired) electrons. The van der Waals surface area contributed by atoms with Crippen molar-refractivity contribution in [2.24, 2.45) is 0 Å². The zero-order valence-corrected chi connectivity index (χ0v) is 49.2.